The van der Waals surface area contributed by atoms with Gasteiger partial charge in [-0.1, -0.05) is 18.2 Å². The Morgan fingerprint density at radius 2 is 2.00 bits per heavy atom. The summed E-state index contributed by atoms with van der Waals surface area (Å²) in [6.07, 6.45) is 0. The molecule has 1 aromatic rings. The lowest BCUT2D eigenvalue weighted by molar-refractivity contribution is -0.146. The summed E-state index contributed by atoms with van der Waals surface area (Å²) in [6, 6.07) is 6.99. The number of rotatable bonds is 5. The van der Waals surface area contributed by atoms with Gasteiger partial charge in [0.2, 0.25) is 0 Å². The molecular formula is C12H17NO3. The van der Waals surface area contributed by atoms with E-state index < -0.39 is 11.4 Å². The molecule has 0 aliphatic rings. The van der Waals surface area contributed by atoms with E-state index in [1.807, 2.05) is 6.07 Å². The van der Waals surface area contributed by atoms with Crippen LogP contribution in [0.15, 0.2) is 24.3 Å². The third-order valence-electron chi connectivity index (χ3n) is 2.45. The Morgan fingerprint density at radius 3 is 2.56 bits per heavy atom. The molecule has 0 bridgehead atoms. The van der Waals surface area contributed by atoms with Gasteiger partial charge in [-0.25, -0.2) is 0 Å². The van der Waals surface area contributed by atoms with Crippen LogP contribution in [-0.4, -0.2) is 22.7 Å². The summed E-state index contributed by atoms with van der Waals surface area (Å²) in [4.78, 5) is 10.8. The lowest BCUT2D eigenvalue weighted by Crippen LogP contribution is -2.35. The number of aliphatic carboxylic acids is 1. The number of benzene rings is 1. The molecule has 0 fully saturated rings. The van der Waals surface area contributed by atoms with Crippen LogP contribution in [0.25, 0.3) is 0 Å². The molecule has 0 radical (unpaired) electrons. The van der Waals surface area contributed by atoms with Crippen LogP contribution in [-0.2, 0) is 11.3 Å². The number of carboxylic acid groups (broad SMARTS) is 1. The molecule has 1 aromatic carbocycles. The molecule has 1 rings (SSSR count). The summed E-state index contributed by atoms with van der Waals surface area (Å²) in [5.74, 6) is -0.611. The van der Waals surface area contributed by atoms with Crippen molar-refractivity contribution in [1.29, 1.82) is 0 Å². The van der Waals surface area contributed by atoms with Crippen LogP contribution in [0.1, 0.15) is 19.4 Å². The number of phenols is 1. The molecule has 16 heavy (non-hydrogen) atoms. The van der Waals surface area contributed by atoms with Gasteiger partial charge >= 0.3 is 5.97 Å². The number of carboxylic acids is 1. The average molecular weight is 223 g/mol. The fraction of sp³-hybridized carbons (Fsp3) is 0.417. The molecular weight excluding hydrogens is 206 g/mol. The summed E-state index contributed by atoms with van der Waals surface area (Å²) >= 11 is 0. The molecule has 4 nitrogen and oxygen atoms in total. The van der Waals surface area contributed by atoms with Crippen molar-refractivity contribution in [3.8, 4) is 5.75 Å². The van der Waals surface area contributed by atoms with Crippen molar-refractivity contribution < 1.29 is 15.0 Å². The van der Waals surface area contributed by atoms with Crippen molar-refractivity contribution in [1.82, 2.24) is 5.32 Å². The molecule has 0 saturated carbocycles. The van der Waals surface area contributed by atoms with Gasteiger partial charge in [0.05, 0.1) is 5.41 Å². The third kappa shape index (κ3) is 3.24. The van der Waals surface area contributed by atoms with Gasteiger partial charge in [-0.15, -0.1) is 0 Å². The normalized spacial score (nSPS) is 11.4. The number of aromatic hydroxyl groups is 1. The van der Waals surface area contributed by atoms with Crippen molar-refractivity contribution in [2.24, 2.45) is 5.41 Å². The predicted molar refractivity (Wildman–Crippen MR) is 61.2 cm³/mol. The highest BCUT2D eigenvalue weighted by atomic mass is 16.4. The molecule has 0 saturated heterocycles. The Kier molecular flexibility index (Phi) is 3.90. The summed E-state index contributed by atoms with van der Waals surface area (Å²) < 4.78 is 0. The Labute approximate surface area is 94.9 Å². The van der Waals surface area contributed by atoms with Crippen LogP contribution in [0, 0.1) is 5.41 Å². The molecule has 88 valence electrons. The van der Waals surface area contributed by atoms with E-state index in [9.17, 15) is 9.90 Å². The van der Waals surface area contributed by atoms with Gasteiger partial charge < -0.3 is 15.5 Å². The van der Waals surface area contributed by atoms with Crippen LogP contribution in [0.4, 0.5) is 0 Å². The summed E-state index contributed by atoms with van der Waals surface area (Å²) in [6.45, 7) is 4.14. The number of nitrogens with one attached hydrogen (secondary N) is 1. The molecule has 0 spiro atoms. The molecule has 0 unspecified atom stereocenters. The summed E-state index contributed by atoms with van der Waals surface area (Å²) in [7, 11) is 0. The van der Waals surface area contributed by atoms with Crippen molar-refractivity contribution in [3.63, 3.8) is 0 Å². The maximum Gasteiger partial charge on any atom is 0.310 e. The highest BCUT2D eigenvalue weighted by molar-refractivity contribution is 5.73. The van der Waals surface area contributed by atoms with E-state index in [2.05, 4.69) is 5.32 Å². The SMILES string of the molecule is CC(C)(CNCc1ccccc1O)C(=O)O. The lowest BCUT2D eigenvalue weighted by Gasteiger charge is -2.19. The second kappa shape index (κ2) is 4.99. The second-order valence-electron chi connectivity index (χ2n) is 4.42. The van der Waals surface area contributed by atoms with Gasteiger partial charge in [0.25, 0.3) is 0 Å². The molecule has 0 aromatic heterocycles. The van der Waals surface area contributed by atoms with E-state index in [-0.39, 0.29) is 5.75 Å². The van der Waals surface area contributed by atoms with Gasteiger partial charge in [0, 0.05) is 18.7 Å². The maximum absolute atomic E-state index is 10.8. The lowest BCUT2D eigenvalue weighted by atomic mass is 9.94. The standard InChI is InChI=1S/C12H17NO3/c1-12(2,11(15)16)8-13-7-9-5-3-4-6-10(9)14/h3-6,13-14H,7-8H2,1-2H3,(H,15,16). The molecule has 0 aliphatic heterocycles. The van der Waals surface area contributed by atoms with Crippen LogP contribution in [0.5, 0.6) is 5.75 Å². The first-order chi connectivity index (χ1) is 7.43. The second-order valence-corrected chi connectivity index (χ2v) is 4.42. The molecule has 0 aliphatic carbocycles. The van der Waals surface area contributed by atoms with Crippen molar-refractivity contribution >= 4 is 5.97 Å². The average Bonchev–Trinajstić information content (AvgIpc) is 2.20. The topological polar surface area (TPSA) is 69.6 Å². The zero-order valence-corrected chi connectivity index (χ0v) is 9.53. The first-order valence-corrected chi connectivity index (χ1v) is 5.14. The maximum atomic E-state index is 10.8. The van der Waals surface area contributed by atoms with Gasteiger partial charge in [-0.3, -0.25) is 4.79 Å². The molecule has 4 heteroatoms. The summed E-state index contributed by atoms with van der Waals surface area (Å²) in [5.41, 5.74) is -0.0339. The van der Waals surface area contributed by atoms with E-state index in [0.717, 1.165) is 5.56 Å². The van der Waals surface area contributed by atoms with Crippen molar-refractivity contribution in [3.05, 3.63) is 29.8 Å². The minimum atomic E-state index is -0.836. The zero-order valence-electron chi connectivity index (χ0n) is 9.53. The van der Waals surface area contributed by atoms with Crippen molar-refractivity contribution in [2.45, 2.75) is 20.4 Å². The Hall–Kier alpha value is -1.55. The van der Waals surface area contributed by atoms with Gasteiger partial charge in [0.1, 0.15) is 5.75 Å². The Balaban J connectivity index is 2.48. The zero-order chi connectivity index (χ0) is 12.2. The smallest absolute Gasteiger partial charge is 0.310 e. The molecule has 3 N–H and O–H groups in total. The molecule has 0 heterocycles. The summed E-state index contributed by atoms with van der Waals surface area (Å²) in [5, 5.41) is 21.4. The molecule has 0 amide bonds. The third-order valence-corrected chi connectivity index (χ3v) is 2.45. The van der Waals surface area contributed by atoms with Crippen LogP contribution in [0.2, 0.25) is 0 Å². The fourth-order valence-electron chi connectivity index (χ4n) is 1.25. The molecule has 0 atom stereocenters. The number of carbonyl (C=O) groups is 1. The number of phenolic OH excluding ortho intramolecular Hbond substituents is 1. The van der Waals surface area contributed by atoms with Crippen LogP contribution in [0.3, 0.4) is 0 Å². The monoisotopic (exact) mass is 223 g/mol. The highest BCUT2D eigenvalue weighted by Gasteiger charge is 2.26. The Bertz CT molecular complexity index is 374. The van der Waals surface area contributed by atoms with E-state index in [4.69, 9.17) is 5.11 Å². The van der Waals surface area contributed by atoms with Gasteiger partial charge in [-0.2, -0.15) is 0 Å². The first kappa shape index (κ1) is 12.5. The number of hydrogen-bond donors (Lipinski definition) is 3. The van der Waals surface area contributed by atoms with E-state index in [1.165, 1.54) is 0 Å². The quantitative estimate of drug-likeness (QED) is 0.709. The predicted octanol–water partition coefficient (Wildman–Crippen LogP) is 1.59. The minimum Gasteiger partial charge on any atom is -0.508 e. The van der Waals surface area contributed by atoms with Crippen LogP contribution >= 0.6 is 0 Å². The fourth-order valence-corrected chi connectivity index (χ4v) is 1.25. The highest BCUT2D eigenvalue weighted by Crippen LogP contribution is 2.17. The van der Waals surface area contributed by atoms with Crippen molar-refractivity contribution in [2.75, 3.05) is 6.54 Å². The van der Waals surface area contributed by atoms with E-state index in [0.29, 0.717) is 13.1 Å². The number of hydrogen-bond acceptors (Lipinski definition) is 3. The van der Waals surface area contributed by atoms with Crippen LogP contribution < -0.4 is 5.32 Å². The van der Waals surface area contributed by atoms with Gasteiger partial charge in [0.15, 0.2) is 0 Å². The number of para-hydroxylation sites is 1. The Morgan fingerprint density at radius 1 is 1.38 bits per heavy atom. The van der Waals surface area contributed by atoms with E-state index >= 15 is 0 Å². The van der Waals surface area contributed by atoms with Gasteiger partial charge in [-0.05, 0) is 19.9 Å². The first-order valence-electron chi connectivity index (χ1n) is 5.14. The largest absolute Gasteiger partial charge is 0.508 e. The minimum absolute atomic E-state index is 0.225. The van der Waals surface area contributed by atoms with E-state index in [1.54, 1.807) is 32.0 Å².